The summed E-state index contributed by atoms with van der Waals surface area (Å²) in [6.07, 6.45) is 1.83. The Morgan fingerprint density at radius 1 is 0.363 bits per heavy atom. The molecule has 10 rings (SSSR count). The molecule has 0 aromatic heterocycles. The first-order chi connectivity index (χ1) is 43.0. The Kier molecular flexibility index (Phi) is 19.2. The van der Waals surface area contributed by atoms with Crippen LogP contribution in [0.3, 0.4) is 0 Å². The number of thioether (sulfide) groups is 1. The summed E-state index contributed by atoms with van der Waals surface area (Å²) in [6.45, 7) is 19.6. The number of hydrogen-bond donors (Lipinski definition) is 0. The first-order valence-corrected chi connectivity index (χ1v) is 31.5. The second-order valence-electron chi connectivity index (χ2n) is 26.0. The molecule has 0 saturated carbocycles. The van der Waals surface area contributed by atoms with Gasteiger partial charge in [-0.25, -0.2) is 0 Å². The second-order valence-corrected chi connectivity index (χ2v) is 27.2. The van der Waals surface area contributed by atoms with Gasteiger partial charge in [-0.1, -0.05) is 81.4 Å². The Labute approximate surface area is 565 Å². The van der Waals surface area contributed by atoms with Gasteiger partial charge in [-0.05, 0) is 16.5 Å². The second kappa shape index (κ2) is 26.1. The zero-order valence-corrected chi connectivity index (χ0v) is 54.9. The summed E-state index contributed by atoms with van der Waals surface area (Å²) in [5, 5.41) is 0.0703. The summed E-state index contributed by atoms with van der Waals surface area (Å²) < 4.78 is 0. The van der Waals surface area contributed by atoms with Crippen LogP contribution in [0.5, 0.6) is 0 Å². The van der Waals surface area contributed by atoms with E-state index in [1.807, 2.05) is 66.9 Å². The summed E-state index contributed by atoms with van der Waals surface area (Å²) in [4.78, 5) is 6.46. The van der Waals surface area contributed by atoms with Crippen LogP contribution in [-0.4, -0.2) is 106 Å². The predicted octanol–water partition coefficient (Wildman–Crippen LogP) is 8.11. The van der Waals surface area contributed by atoms with Crippen LogP contribution in [0.4, 0.5) is 45.5 Å². The minimum atomic E-state index is -0.263. The average molecular weight is 1190 g/mol. The van der Waals surface area contributed by atoms with Crippen molar-refractivity contribution in [2.45, 2.75) is 83.5 Å². The molecule has 0 N–H and O–H groups in total. The van der Waals surface area contributed by atoms with Crippen LogP contribution in [-0.2, 0) is 16.2 Å². The van der Waals surface area contributed by atoms with Crippen LogP contribution < -0.4 is 74.8 Å². The normalized spacial score (nSPS) is 11.8. The molecule has 0 unspecified atom stereocenters. The molecule has 0 aliphatic heterocycles. The van der Waals surface area contributed by atoms with E-state index in [1.54, 1.807) is 4.90 Å². The van der Waals surface area contributed by atoms with Crippen LogP contribution in [0, 0.1) is 0 Å². The molecular formula is C74H59B12ClN3S. The van der Waals surface area contributed by atoms with E-state index in [-0.39, 0.29) is 109 Å². The molecule has 0 bridgehead atoms. The SMILES string of the molecule is [B]c1c([B])c([B])c(-c2c([B])c([B])c(SC)c(C(=[B])N(c3ccc(C(C)(C)C)cc3)c3c([B])c([B])c([B])c(N(c4cccc(N(c5ccc(C(C)(C)C)cc5)c5ccccc5-c5ccccc5)c4)c4ccc(C(C)(C)C)cc4-c4ccccc4)c3Cl)c2[B])c([B])c1[B]. The molecule has 0 heterocycles. The number of halogens is 1. The van der Waals surface area contributed by atoms with Gasteiger partial charge in [0.2, 0.25) is 0 Å². The molecule has 419 valence electrons. The van der Waals surface area contributed by atoms with E-state index in [2.05, 4.69) is 187 Å². The van der Waals surface area contributed by atoms with E-state index in [9.17, 15) is 0 Å². The monoisotopic (exact) mass is 1190 g/mol. The Bertz CT molecular complexity index is 4420. The minimum absolute atomic E-state index is 0.000981. The Hall–Kier alpha value is -7.11. The van der Waals surface area contributed by atoms with Gasteiger partial charge in [0, 0.05) is 0 Å². The van der Waals surface area contributed by atoms with Gasteiger partial charge in [-0.2, -0.15) is 0 Å². The van der Waals surface area contributed by atoms with E-state index in [1.165, 1.54) is 17.3 Å². The Morgan fingerprint density at radius 3 is 1.31 bits per heavy atom. The fourth-order valence-corrected chi connectivity index (χ4v) is 12.8. The number of hydrogen-bond acceptors (Lipinski definition) is 4. The van der Waals surface area contributed by atoms with Crippen molar-refractivity contribution in [3.05, 3.63) is 203 Å². The third-order valence-electron chi connectivity index (χ3n) is 16.9. The first-order valence-electron chi connectivity index (χ1n) is 29.9. The van der Waals surface area contributed by atoms with Crippen molar-refractivity contribution in [3.63, 3.8) is 0 Å². The number of anilines is 8. The summed E-state index contributed by atoms with van der Waals surface area (Å²) in [6, 6.07) is 60.4. The van der Waals surface area contributed by atoms with Gasteiger partial charge in [0.15, 0.2) is 0 Å². The maximum absolute atomic E-state index is 8.36. The molecule has 0 amide bonds. The van der Waals surface area contributed by atoms with Crippen molar-refractivity contribution in [2.24, 2.45) is 0 Å². The van der Waals surface area contributed by atoms with Gasteiger partial charge < -0.3 is 0 Å². The number of benzene rings is 10. The third-order valence-corrected chi connectivity index (χ3v) is 18.1. The van der Waals surface area contributed by atoms with Crippen molar-refractivity contribution in [1.29, 1.82) is 0 Å². The van der Waals surface area contributed by atoms with E-state index < -0.39 is 0 Å². The molecule has 0 atom stereocenters. The fraction of sp³-hybridized carbons (Fsp3) is 0.176. The molecule has 3 nitrogen and oxygen atoms in total. The molecule has 91 heavy (non-hydrogen) atoms. The van der Waals surface area contributed by atoms with Gasteiger partial charge in [-0.3, -0.25) is 0 Å². The van der Waals surface area contributed by atoms with Gasteiger partial charge in [0.1, 0.15) is 0 Å². The van der Waals surface area contributed by atoms with Gasteiger partial charge in [0.25, 0.3) is 0 Å². The van der Waals surface area contributed by atoms with Crippen molar-refractivity contribution in [2.75, 3.05) is 21.0 Å². The van der Waals surface area contributed by atoms with E-state index >= 15 is 0 Å². The average Bonchev–Trinajstić information content (AvgIpc) is 0.786. The summed E-state index contributed by atoms with van der Waals surface area (Å²) in [7, 11) is 84.7. The van der Waals surface area contributed by atoms with Gasteiger partial charge in [0.05, 0.1) is 0 Å². The van der Waals surface area contributed by atoms with E-state index in [4.69, 9.17) is 105 Å². The standard InChI is InChI=1S/C74H59B12ClN3S/c1-72(2,3)42-28-33-45(34-29-42)88(51-27-18-17-26-49(51)40-20-13-11-14-21-40)47-24-19-25-48(39-47)89(52-37-32-44(74(7,8)9)38-50(52)41-22-15-12-16-23-41)68-64(83)63(82)65(84)69(67(68)87)90(46-35-30-43(31-36-46)73(4,5)6)71(86)55-56(75)53(59(78)66(85)70(55)91-10)54-57(76)60(79)62(81)61(80)58(54)77/h11-39H,1-10H3. The molecule has 17 heteroatoms. The molecular weight excluding hydrogens is 1130 g/mol. The zero-order valence-electron chi connectivity index (χ0n) is 53.3. The summed E-state index contributed by atoms with van der Waals surface area (Å²) in [5.74, 6) is 0. The first kappa shape index (κ1) is 66.8. The molecule has 10 aromatic rings. The number of para-hydroxylation sites is 1. The Morgan fingerprint density at radius 2 is 0.780 bits per heavy atom. The van der Waals surface area contributed by atoms with E-state index in [0.29, 0.717) is 27.6 Å². The Balaban J connectivity index is 1.32. The third kappa shape index (κ3) is 12.7. The molecule has 23 radical (unpaired) electrons. The number of rotatable bonds is 14. The van der Waals surface area contributed by atoms with Crippen LogP contribution in [0.1, 0.15) is 84.6 Å². The summed E-state index contributed by atoms with van der Waals surface area (Å²) in [5.41, 5.74) is 12.4. The van der Waals surface area contributed by atoms with Crippen LogP contribution in [0.2, 0.25) is 5.02 Å². The molecule has 0 fully saturated rings. The van der Waals surface area contributed by atoms with Crippen LogP contribution in [0.25, 0.3) is 33.4 Å². The summed E-state index contributed by atoms with van der Waals surface area (Å²) >= 11 is 9.63. The van der Waals surface area contributed by atoms with Crippen molar-refractivity contribution in [1.82, 2.24) is 0 Å². The molecule has 0 aliphatic carbocycles. The van der Waals surface area contributed by atoms with Gasteiger partial charge in [-0.15, -0.1) is 0 Å². The van der Waals surface area contributed by atoms with Crippen LogP contribution in [0.15, 0.2) is 181 Å². The molecule has 10 aromatic carbocycles. The topological polar surface area (TPSA) is 9.72 Å². The quantitative estimate of drug-likeness (QED) is 0.0805. The van der Waals surface area contributed by atoms with Crippen LogP contribution >= 0.6 is 23.4 Å². The predicted molar refractivity (Wildman–Crippen MR) is 409 cm³/mol. The maximum atomic E-state index is 8.36. The van der Waals surface area contributed by atoms with Crippen molar-refractivity contribution in [3.8, 4) is 33.4 Å². The van der Waals surface area contributed by atoms with E-state index in [0.717, 1.165) is 50.4 Å². The zero-order chi connectivity index (χ0) is 65.9. The molecule has 0 spiro atoms. The van der Waals surface area contributed by atoms with Gasteiger partial charge >= 0.3 is 471 Å². The van der Waals surface area contributed by atoms with Crippen molar-refractivity contribution < 1.29 is 0 Å². The molecule has 0 saturated heterocycles. The van der Waals surface area contributed by atoms with Crippen molar-refractivity contribution >= 4 is 228 Å². The fourth-order valence-electron chi connectivity index (χ4n) is 11.7. The molecule has 0 aliphatic rings. The number of nitrogens with zero attached hydrogens (tertiary/aromatic N) is 3.